The van der Waals surface area contributed by atoms with Crippen LogP contribution in [0.1, 0.15) is 0 Å². The van der Waals surface area contributed by atoms with Gasteiger partial charge in [-0.05, 0) is 12.1 Å². The van der Waals surface area contributed by atoms with Crippen LogP contribution >= 0.6 is 11.6 Å². The van der Waals surface area contributed by atoms with Crippen LogP contribution in [0.4, 0.5) is 21.7 Å². The van der Waals surface area contributed by atoms with Crippen LogP contribution in [-0.2, 0) is 0 Å². The second kappa shape index (κ2) is 4.32. The molecule has 0 amide bonds. The lowest BCUT2D eigenvalue weighted by atomic mass is 10.3. The number of aromatic nitrogens is 2. The minimum Gasteiger partial charge on any atom is -0.382 e. The second-order valence-electron chi connectivity index (χ2n) is 3.05. The second-order valence-corrected chi connectivity index (χ2v) is 3.46. The molecular formula is C10H8ClFN4. The van der Waals surface area contributed by atoms with E-state index in [9.17, 15) is 4.39 Å². The van der Waals surface area contributed by atoms with Crippen molar-refractivity contribution in [2.24, 2.45) is 0 Å². The van der Waals surface area contributed by atoms with Crippen molar-refractivity contribution in [3.63, 3.8) is 0 Å². The van der Waals surface area contributed by atoms with Gasteiger partial charge < -0.3 is 11.1 Å². The summed E-state index contributed by atoms with van der Waals surface area (Å²) in [7, 11) is 0. The fourth-order valence-electron chi connectivity index (χ4n) is 1.14. The molecule has 82 valence electrons. The molecule has 0 bridgehead atoms. The zero-order valence-electron chi connectivity index (χ0n) is 8.11. The van der Waals surface area contributed by atoms with Gasteiger partial charge in [0.05, 0.1) is 23.1 Å². The number of nitrogens with two attached hydrogens (primary N) is 1. The molecule has 0 spiro atoms. The molecule has 0 saturated heterocycles. The summed E-state index contributed by atoms with van der Waals surface area (Å²) in [6, 6.07) is 4.66. The van der Waals surface area contributed by atoms with Crippen molar-refractivity contribution in [3.05, 3.63) is 41.4 Å². The Balaban J connectivity index is 2.27. The molecule has 1 aromatic carbocycles. The molecule has 1 heterocycles. The van der Waals surface area contributed by atoms with Crippen molar-refractivity contribution in [3.8, 4) is 0 Å². The van der Waals surface area contributed by atoms with Gasteiger partial charge in [0.1, 0.15) is 11.6 Å². The summed E-state index contributed by atoms with van der Waals surface area (Å²) in [4.78, 5) is 7.76. The number of benzene rings is 1. The van der Waals surface area contributed by atoms with E-state index in [0.29, 0.717) is 11.6 Å². The first kappa shape index (κ1) is 10.6. The van der Waals surface area contributed by atoms with Gasteiger partial charge in [-0.15, -0.1) is 0 Å². The Morgan fingerprint density at radius 1 is 1.25 bits per heavy atom. The molecule has 0 aliphatic heterocycles. The molecule has 16 heavy (non-hydrogen) atoms. The van der Waals surface area contributed by atoms with Crippen LogP contribution in [0.2, 0.25) is 5.02 Å². The third-order valence-corrected chi connectivity index (χ3v) is 2.18. The molecule has 4 nitrogen and oxygen atoms in total. The minimum absolute atomic E-state index is 0.0494. The quantitative estimate of drug-likeness (QED) is 0.844. The fraction of sp³-hybridized carbons (Fsp3) is 0. The largest absolute Gasteiger partial charge is 0.382 e. The van der Waals surface area contributed by atoms with Crippen molar-refractivity contribution in [1.29, 1.82) is 0 Å². The lowest BCUT2D eigenvalue weighted by molar-refractivity contribution is 0.632. The highest BCUT2D eigenvalue weighted by atomic mass is 35.5. The van der Waals surface area contributed by atoms with E-state index in [2.05, 4.69) is 15.3 Å². The van der Waals surface area contributed by atoms with Crippen LogP contribution in [0.25, 0.3) is 0 Å². The molecule has 0 aliphatic rings. The van der Waals surface area contributed by atoms with Crippen molar-refractivity contribution >= 4 is 28.9 Å². The lowest BCUT2D eigenvalue weighted by Crippen LogP contribution is -1.99. The zero-order valence-corrected chi connectivity index (χ0v) is 8.87. The van der Waals surface area contributed by atoms with Gasteiger partial charge in [-0.2, -0.15) is 0 Å². The maximum atomic E-state index is 13.5. The van der Waals surface area contributed by atoms with Gasteiger partial charge in [-0.25, -0.2) is 14.4 Å². The first-order chi connectivity index (χ1) is 7.66. The predicted octanol–water partition coefficient (Wildman–Crippen LogP) is 2.59. The Hall–Kier alpha value is -1.88. The van der Waals surface area contributed by atoms with Crippen LogP contribution in [0, 0.1) is 5.82 Å². The van der Waals surface area contributed by atoms with E-state index < -0.39 is 5.82 Å². The maximum absolute atomic E-state index is 13.5. The monoisotopic (exact) mass is 238 g/mol. The van der Waals surface area contributed by atoms with Gasteiger partial charge in [-0.1, -0.05) is 17.7 Å². The molecule has 0 saturated carbocycles. The van der Waals surface area contributed by atoms with Gasteiger partial charge in [-0.3, -0.25) is 0 Å². The Bertz CT molecular complexity index is 501. The highest BCUT2D eigenvalue weighted by molar-refractivity contribution is 6.31. The number of hydrogen-bond acceptors (Lipinski definition) is 4. The average Bonchev–Trinajstić information content (AvgIpc) is 2.28. The van der Waals surface area contributed by atoms with Crippen molar-refractivity contribution in [2.45, 2.75) is 0 Å². The third kappa shape index (κ3) is 2.20. The van der Waals surface area contributed by atoms with Crippen LogP contribution in [0.5, 0.6) is 0 Å². The normalized spacial score (nSPS) is 10.1. The van der Waals surface area contributed by atoms with Crippen LogP contribution in [0.15, 0.2) is 30.6 Å². The summed E-state index contributed by atoms with van der Waals surface area (Å²) in [6.07, 6.45) is 2.79. The number of rotatable bonds is 2. The summed E-state index contributed by atoms with van der Waals surface area (Å²) in [5.74, 6) is 0.176. The summed E-state index contributed by atoms with van der Waals surface area (Å²) >= 11 is 5.63. The van der Waals surface area contributed by atoms with E-state index in [1.807, 2.05) is 0 Å². The fourth-order valence-corrected chi connectivity index (χ4v) is 1.32. The molecule has 2 rings (SSSR count). The van der Waals surface area contributed by atoms with Crippen LogP contribution in [-0.4, -0.2) is 9.97 Å². The lowest BCUT2D eigenvalue weighted by Gasteiger charge is -2.06. The topological polar surface area (TPSA) is 63.8 Å². The van der Waals surface area contributed by atoms with Gasteiger partial charge >= 0.3 is 0 Å². The summed E-state index contributed by atoms with van der Waals surface area (Å²) in [5.41, 5.74) is 5.62. The Morgan fingerprint density at radius 3 is 2.75 bits per heavy atom. The SMILES string of the molecule is Nc1cnc(Nc2cccc(Cl)c2F)cn1. The van der Waals surface area contributed by atoms with E-state index in [1.54, 1.807) is 12.1 Å². The molecule has 0 unspecified atom stereocenters. The minimum atomic E-state index is -0.525. The van der Waals surface area contributed by atoms with Crippen molar-refractivity contribution in [2.75, 3.05) is 11.1 Å². The summed E-state index contributed by atoms with van der Waals surface area (Å²) < 4.78 is 13.5. The van der Waals surface area contributed by atoms with E-state index in [4.69, 9.17) is 17.3 Å². The summed E-state index contributed by atoms with van der Waals surface area (Å²) in [6.45, 7) is 0. The number of nitrogens with one attached hydrogen (secondary N) is 1. The van der Waals surface area contributed by atoms with E-state index in [1.165, 1.54) is 18.5 Å². The van der Waals surface area contributed by atoms with E-state index in [-0.39, 0.29) is 10.7 Å². The highest BCUT2D eigenvalue weighted by Crippen LogP contribution is 2.24. The number of anilines is 3. The molecule has 0 radical (unpaired) electrons. The first-order valence-electron chi connectivity index (χ1n) is 4.45. The van der Waals surface area contributed by atoms with Crippen LogP contribution < -0.4 is 11.1 Å². The number of nitrogens with zero attached hydrogens (tertiary/aromatic N) is 2. The molecular weight excluding hydrogens is 231 g/mol. The first-order valence-corrected chi connectivity index (χ1v) is 4.83. The standard InChI is InChI=1S/C10H8ClFN4/c11-6-2-1-3-7(10(6)12)16-9-5-14-8(13)4-15-9/h1-5H,(H2,13,14)(H,15,16). The molecule has 0 atom stereocenters. The highest BCUT2D eigenvalue weighted by Gasteiger charge is 2.06. The maximum Gasteiger partial charge on any atom is 0.165 e. The van der Waals surface area contributed by atoms with Gasteiger partial charge in [0.15, 0.2) is 5.82 Å². The predicted molar refractivity (Wildman–Crippen MR) is 61.1 cm³/mol. The van der Waals surface area contributed by atoms with E-state index in [0.717, 1.165) is 0 Å². The molecule has 2 aromatic rings. The smallest absolute Gasteiger partial charge is 0.165 e. The van der Waals surface area contributed by atoms with E-state index >= 15 is 0 Å². The van der Waals surface area contributed by atoms with Crippen molar-refractivity contribution < 1.29 is 4.39 Å². The number of nitrogen functional groups attached to an aromatic ring is 1. The Labute approximate surface area is 96.3 Å². The third-order valence-electron chi connectivity index (χ3n) is 1.89. The summed E-state index contributed by atoms with van der Waals surface area (Å²) in [5, 5.41) is 2.80. The average molecular weight is 239 g/mol. The van der Waals surface area contributed by atoms with Crippen LogP contribution in [0.3, 0.4) is 0 Å². The Morgan fingerprint density at radius 2 is 2.06 bits per heavy atom. The molecule has 6 heteroatoms. The molecule has 0 aliphatic carbocycles. The zero-order chi connectivity index (χ0) is 11.5. The van der Waals surface area contributed by atoms with Gasteiger partial charge in [0, 0.05) is 0 Å². The van der Waals surface area contributed by atoms with Gasteiger partial charge in [0.2, 0.25) is 0 Å². The molecule has 0 fully saturated rings. The number of hydrogen-bond donors (Lipinski definition) is 2. The Kier molecular flexibility index (Phi) is 2.87. The number of halogens is 2. The molecule has 3 N–H and O–H groups in total. The van der Waals surface area contributed by atoms with Gasteiger partial charge in [0.25, 0.3) is 0 Å². The molecule has 1 aromatic heterocycles. The van der Waals surface area contributed by atoms with Crippen molar-refractivity contribution in [1.82, 2.24) is 9.97 Å².